The highest BCUT2D eigenvalue weighted by Gasteiger charge is 2.14. The number of nitrogens with one attached hydrogen (secondary N) is 2. The number of nitrogens with zero attached hydrogens (tertiary/aromatic N) is 1. The van der Waals surface area contributed by atoms with Crippen LogP contribution in [0.3, 0.4) is 0 Å². The first kappa shape index (κ1) is 19.6. The molecule has 0 spiro atoms. The van der Waals surface area contributed by atoms with Gasteiger partial charge in [0.1, 0.15) is 0 Å². The van der Waals surface area contributed by atoms with Crippen molar-refractivity contribution in [2.75, 3.05) is 10.6 Å². The summed E-state index contributed by atoms with van der Waals surface area (Å²) in [7, 11) is 0. The first-order valence-electron chi connectivity index (χ1n) is 8.86. The van der Waals surface area contributed by atoms with E-state index in [2.05, 4.69) is 29.5 Å². The number of carbonyl (C=O) groups is 2. The minimum absolute atomic E-state index is 0.268. The van der Waals surface area contributed by atoms with Crippen molar-refractivity contribution in [3.63, 3.8) is 0 Å². The van der Waals surface area contributed by atoms with Gasteiger partial charge in [-0.05, 0) is 41.8 Å². The fourth-order valence-electron chi connectivity index (χ4n) is 2.77. The molecule has 0 aliphatic rings. The quantitative estimate of drug-likeness (QED) is 0.612. The Kier molecular flexibility index (Phi) is 6.06. The molecule has 28 heavy (non-hydrogen) atoms. The molecule has 2 amide bonds. The van der Waals surface area contributed by atoms with Crippen molar-refractivity contribution in [1.29, 1.82) is 0 Å². The number of amides is 2. The molecule has 5 nitrogen and oxygen atoms in total. The number of carbonyl (C=O) groups excluding carboxylic acids is 2. The van der Waals surface area contributed by atoms with Gasteiger partial charge in [-0.25, -0.2) is 0 Å². The van der Waals surface area contributed by atoms with E-state index < -0.39 is 0 Å². The van der Waals surface area contributed by atoms with Gasteiger partial charge >= 0.3 is 0 Å². The molecule has 0 unspecified atom stereocenters. The predicted molar refractivity (Wildman–Crippen MR) is 112 cm³/mol. The van der Waals surface area contributed by atoms with Gasteiger partial charge in [0, 0.05) is 28.8 Å². The molecule has 0 atom stereocenters. The molecule has 3 rings (SSSR count). The van der Waals surface area contributed by atoms with Crippen LogP contribution in [0, 0.1) is 0 Å². The highest BCUT2D eigenvalue weighted by molar-refractivity contribution is 6.31. The third-order valence-corrected chi connectivity index (χ3v) is 4.41. The summed E-state index contributed by atoms with van der Waals surface area (Å²) in [5, 5.41) is 6.17. The van der Waals surface area contributed by atoms with E-state index in [1.165, 1.54) is 18.5 Å². The molecule has 3 aromatic rings. The van der Waals surface area contributed by atoms with E-state index >= 15 is 0 Å². The molecule has 0 fully saturated rings. The standard InChI is InChI=1S/C22H20ClN3O2/c1-14(2)19-8-3-4-9-20(19)26-22(28)16-10-15(12-24-13-16)21(27)25-18-7-5-6-17(23)11-18/h3-14H,1-2H3,(H,25,27)(H,26,28). The molecule has 1 heterocycles. The lowest BCUT2D eigenvalue weighted by atomic mass is 10.0. The number of anilines is 2. The molecule has 2 N–H and O–H groups in total. The van der Waals surface area contributed by atoms with Gasteiger partial charge in [0.15, 0.2) is 0 Å². The van der Waals surface area contributed by atoms with Crippen molar-refractivity contribution in [1.82, 2.24) is 4.98 Å². The summed E-state index contributed by atoms with van der Waals surface area (Å²) in [5.74, 6) is -0.422. The summed E-state index contributed by atoms with van der Waals surface area (Å²) in [5.41, 5.74) is 2.94. The summed E-state index contributed by atoms with van der Waals surface area (Å²) < 4.78 is 0. The Bertz CT molecular complexity index is 1020. The maximum absolute atomic E-state index is 12.7. The molecule has 6 heteroatoms. The zero-order chi connectivity index (χ0) is 20.1. The fourth-order valence-corrected chi connectivity index (χ4v) is 2.96. The Balaban J connectivity index is 1.77. The Morgan fingerprint density at radius 1 is 0.893 bits per heavy atom. The number of benzene rings is 2. The van der Waals surface area contributed by atoms with Gasteiger partial charge in [-0.2, -0.15) is 0 Å². The lowest BCUT2D eigenvalue weighted by Gasteiger charge is -2.13. The molecule has 0 bridgehead atoms. The molecule has 0 saturated carbocycles. The van der Waals surface area contributed by atoms with Gasteiger partial charge in [-0.3, -0.25) is 14.6 Å². The van der Waals surface area contributed by atoms with Gasteiger partial charge in [-0.15, -0.1) is 0 Å². The first-order valence-corrected chi connectivity index (χ1v) is 9.24. The third-order valence-electron chi connectivity index (χ3n) is 4.18. The van der Waals surface area contributed by atoms with E-state index in [4.69, 9.17) is 11.6 Å². The molecular weight excluding hydrogens is 374 g/mol. The van der Waals surface area contributed by atoms with Crippen molar-refractivity contribution in [3.8, 4) is 0 Å². The lowest BCUT2D eigenvalue weighted by molar-refractivity contribution is 0.102. The van der Waals surface area contributed by atoms with Gasteiger partial charge in [0.2, 0.25) is 0 Å². The SMILES string of the molecule is CC(C)c1ccccc1NC(=O)c1cncc(C(=O)Nc2cccc(Cl)c2)c1. The summed E-state index contributed by atoms with van der Waals surface area (Å²) >= 11 is 5.94. The molecule has 0 radical (unpaired) electrons. The fraction of sp³-hybridized carbons (Fsp3) is 0.136. The molecule has 0 aliphatic carbocycles. The van der Waals surface area contributed by atoms with Crippen molar-refractivity contribution in [2.24, 2.45) is 0 Å². The largest absolute Gasteiger partial charge is 0.322 e. The number of para-hydroxylation sites is 1. The number of hydrogen-bond donors (Lipinski definition) is 2. The van der Waals surface area contributed by atoms with Crippen molar-refractivity contribution < 1.29 is 9.59 Å². The zero-order valence-corrected chi connectivity index (χ0v) is 16.3. The van der Waals surface area contributed by atoms with Crippen molar-refractivity contribution in [2.45, 2.75) is 19.8 Å². The van der Waals surface area contributed by atoms with Crippen LogP contribution in [0.5, 0.6) is 0 Å². The van der Waals surface area contributed by atoms with Crippen LogP contribution in [0.25, 0.3) is 0 Å². The van der Waals surface area contributed by atoms with Crippen LogP contribution < -0.4 is 10.6 Å². The van der Waals surface area contributed by atoms with Crippen LogP contribution in [-0.4, -0.2) is 16.8 Å². The number of aromatic nitrogens is 1. The highest BCUT2D eigenvalue weighted by Crippen LogP contribution is 2.24. The first-order chi connectivity index (χ1) is 13.4. The topological polar surface area (TPSA) is 71.1 Å². The van der Waals surface area contributed by atoms with Gasteiger partial charge < -0.3 is 10.6 Å². The molecule has 142 valence electrons. The van der Waals surface area contributed by atoms with Gasteiger partial charge in [0.05, 0.1) is 11.1 Å². The van der Waals surface area contributed by atoms with E-state index in [0.29, 0.717) is 16.3 Å². The second-order valence-corrected chi connectivity index (χ2v) is 7.06. The molecule has 2 aromatic carbocycles. The van der Waals surface area contributed by atoms with Crippen LogP contribution in [0.1, 0.15) is 46.0 Å². The maximum atomic E-state index is 12.7. The number of hydrogen-bond acceptors (Lipinski definition) is 3. The number of pyridine rings is 1. The Morgan fingerprint density at radius 3 is 2.25 bits per heavy atom. The number of rotatable bonds is 5. The average Bonchev–Trinajstić information content (AvgIpc) is 2.68. The minimum Gasteiger partial charge on any atom is -0.322 e. The van der Waals surface area contributed by atoms with E-state index in [1.807, 2.05) is 24.3 Å². The highest BCUT2D eigenvalue weighted by atomic mass is 35.5. The minimum atomic E-state index is -0.369. The van der Waals surface area contributed by atoms with Crippen LogP contribution in [-0.2, 0) is 0 Å². The van der Waals surface area contributed by atoms with Crippen LogP contribution in [0.15, 0.2) is 67.0 Å². The van der Waals surface area contributed by atoms with Gasteiger partial charge in [-0.1, -0.05) is 49.7 Å². The summed E-state index contributed by atoms with van der Waals surface area (Å²) in [6, 6.07) is 16.0. The van der Waals surface area contributed by atoms with Crippen LogP contribution >= 0.6 is 11.6 Å². The summed E-state index contributed by atoms with van der Waals surface area (Å²) in [6.07, 6.45) is 2.85. The molecular formula is C22H20ClN3O2. The van der Waals surface area contributed by atoms with Crippen LogP contribution in [0.4, 0.5) is 11.4 Å². The zero-order valence-electron chi connectivity index (χ0n) is 15.6. The van der Waals surface area contributed by atoms with Gasteiger partial charge in [0.25, 0.3) is 11.8 Å². The van der Waals surface area contributed by atoms with E-state index in [0.717, 1.165) is 11.3 Å². The second-order valence-electron chi connectivity index (χ2n) is 6.62. The van der Waals surface area contributed by atoms with Crippen molar-refractivity contribution >= 4 is 34.8 Å². The van der Waals surface area contributed by atoms with E-state index in [9.17, 15) is 9.59 Å². The van der Waals surface area contributed by atoms with E-state index in [1.54, 1.807) is 24.3 Å². The average molecular weight is 394 g/mol. The summed E-state index contributed by atoms with van der Waals surface area (Å²) in [4.78, 5) is 29.2. The monoisotopic (exact) mass is 393 g/mol. The third kappa shape index (κ3) is 4.75. The number of halogens is 1. The lowest BCUT2D eigenvalue weighted by Crippen LogP contribution is -2.17. The smallest absolute Gasteiger partial charge is 0.257 e. The van der Waals surface area contributed by atoms with Crippen LogP contribution in [0.2, 0.25) is 5.02 Å². The Morgan fingerprint density at radius 2 is 1.57 bits per heavy atom. The predicted octanol–water partition coefficient (Wildman–Crippen LogP) is 5.36. The normalized spacial score (nSPS) is 10.6. The van der Waals surface area contributed by atoms with E-state index in [-0.39, 0.29) is 23.3 Å². The maximum Gasteiger partial charge on any atom is 0.257 e. The van der Waals surface area contributed by atoms with Crippen molar-refractivity contribution in [3.05, 3.63) is 88.7 Å². The molecule has 0 saturated heterocycles. The Labute approximate surface area is 168 Å². The second kappa shape index (κ2) is 8.67. The molecule has 0 aliphatic heterocycles. The molecule has 1 aromatic heterocycles. The summed E-state index contributed by atoms with van der Waals surface area (Å²) in [6.45, 7) is 4.13. The Hall–Kier alpha value is -3.18.